The predicted octanol–water partition coefficient (Wildman–Crippen LogP) is 4.77. The number of nitrogens with one attached hydrogen (secondary N) is 2. The molecule has 3 heterocycles. The van der Waals surface area contributed by atoms with Gasteiger partial charge in [-0.2, -0.15) is 0 Å². The first-order valence-electron chi connectivity index (χ1n) is 18.1. The Morgan fingerprint density at radius 2 is 0.889 bits per heavy atom. The lowest BCUT2D eigenvalue weighted by atomic mass is 10.1. The van der Waals surface area contributed by atoms with E-state index in [4.69, 9.17) is 23.2 Å². The van der Waals surface area contributed by atoms with Crippen LogP contribution in [0, 0.1) is 0 Å². The number of aromatic nitrogens is 2. The highest BCUT2D eigenvalue weighted by molar-refractivity contribution is 6.31. The van der Waals surface area contributed by atoms with Crippen molar-refractivity contribution in [3.05, 3.63) is 117 Å². The molecule has 54 heavy (non-hydrogen) atoms. The molecule has 0 amide bonds. The highest BCUT2D eigenvalue weighted by Gasteiger charge is 2.11. The molecule has 1 aliphatic heterocycles. The number of aromatic hydroxyl groups is 2. The minimum atomic E-state index is 0.0859. The van der Waals surface area contributed by atoms with E-state index in [9.17, 15) is 10.2 Å². The number of aliphatic imine (C=N–C) groups is 4. The van der Waals surface area contributed by atoms with Crippen LogP contribution in [0.3, 0.4) is 0 Å². The van der Waals surface area contributed by atoms with E-state index in [2.05, 4.69) is 50.4 Å². The van der Waals surface area contributed by atoms with E-state index in [1.807, 2.05) is 36.4 Å². The quantitative estimate of drug-likeness (QED) is 0.169. The number of phenolic OH excluding ortho intramolecular Hbond substituents is 2. The van der Waals surface area contributed by atoms with Crippen LogP contribution in [-0.2, 0) is 13.1 Å². The summed E-state index contributed by atoms with van der Waals surface area (Å²) in [6.45, 7) is 9.08. The lowest BCUT2D eigenvalue weighted by Gasteiger charge is -2.21. The molecule has 2 aromatic heterocycles. The van der Waals surface area contributed by atoms with Crippen LogP contribution in [0.25, 0.3) is 0 Å². The maximum absolute atomic E-state index is 11.1. The Morgan fingerprint density at radius 1 is 0.537 bits per heavy atom. The average molecular weight is 772 g/mol. The number of hydrogen-bond acceptors (Lipinski definition) is 12. The Hall–Kier alpha value is -4.56. The SMILES string of the molecule is Oc1c2cc(Cl)cc1C=NCCN(CCNCc1ccccn1)CCN=Cc1cc(Cl)cc(c1O)C=NCCN(CCNCc1ccccn1)CCN=C2. The molecule has 4 N–H and O–H groups in total. The van der Waals surface area contributed by atoms with Crippen molar-refractivity contribution in [1.29, 1.82) is 0 Å². The van der Waals surface area contributed by atoms with Gasteiger partial charge < -0.3 is 20.8 Å². The van der Waals surface area contributed by atoms with Crippen LogP contribution >= 0.6 is 23.2 Å². The summed E-state index contributed by atoms with van der Waals surface area (Å²) in [5.41, 5.74) is 4.09. The van der Waals surface area contributed by atoms with Gasteiger partial charge in [-0.05, 0) is 48.5 Å². The molecule has 284 valence electrons. The zero-order chi connectivity index (χ0) is 37.8. The molecule has 5 rings (SSSR count). The van der Waals surface area contributed by atoms with Crippen LogP contribution in [0.2, 0.25) is 10.0 Å². The average Bonchev–Trinajstić information content (AvgIpc) is 3.18. The van der Waals surface area contributed by atoms with E-state index in [1.165, 1.54) is 0 Å². The minimum absolute atomic E-state index is 0.0859. The third-order valence-corrected chi connectivity index (χ3v) is 9.08. The fourth-order valence-corrected chi connectivity index (χ4v) is 6.18. The van der Waals surface area contributed by atoms with Crippen LogP contribution in [0.1, 0.15) is 33.6 Å². The summed E-state index contributed by atoms with van der Waals surface area (Å²) in [5, 5.41) is 30.0. The van der Waals surface area contributed by atoms with Gasteiger partial charge >= 0.3 is 0 Å². The number of hydrogen-bond donors (Lipinski definition) is 4. The summed E-state index contributed by atoms with van der Waals surface area (Å²) in [4.78, 5) is 31.8. The van der Waals surface area contributed by atoms with Crippen molar-refractivity contribution < 1.29 is 10.2 Å². The molecular weight excluding hydrogens is 723 g/mol. The Morgan fingerprint density at radius 3 is 1.20 bits per heavy atom. The van der Waals surface area contributed by atoms with Crippen molar-refractivity contribution >= 4 is 48.1 Å². The van der Waals surface area contributed by atoms with Crippen LogP contribution in [0.5, 0.6) is 11.5 Å². The van der Waals surface area contributed by atoms with Gasteiger partial charge in [0.25, 0.3) is 0 Å². The van der Waals surface area contributed by atoms with Crippen LogP contribution in [-0.4, -0.2) is 133 Å². The molecule has 14 heteroatoms. The third-order valence-electron chi connectivity index (χ3n) is 8.64. The van der Waals surface area contributed by atoms with Crippen molar-refractivity contribution in [3.63, 3.8) is 0 Å². The van der Waals surface area contributed by atoms with E-state index in [0.717, 1.165) is 37.6 Å². The highest BCUT2D eigenvalue weighted by atomic mass is 35.5. The van der Waals surface area contributed by atoms with Crippen LogP contribution in [0.15, 0.2) is 93.0 Å². The van der Waals surface area contributed by atoms with E-state index in [0.29, 0.717) is 97.7 Å². The van der Waals surface area contributed by atoms with Gasteiger partial charge in [-0.3, -0.25) is 39.7 Å². The normalized spacial score (nSPS) is 15.3. The van der Waals surface area contributed by atoms with E-state index >= 15 is 0 Å². The molecule has 0 atom stereocenters. The summed E-state index contributed by atoms with van der Waals surface area (Å²) in [5.74, 6) is 0.172. The number of halogens is 2. The Balaban J connectivity index is 1.29. The van der Waals surface area contributed by atoms with Gasteiger partial charge in [-0.15, -0.1) is 0 Å². The van der Waals surface area contributed by atoms with Crippen molar-refractivity contribution in [1.82, 2.24) is 30.4 Å². The largest absolute Gasteiger partial charge is 0.507 e. The topological polar surface area (TPSA) is 146 Å². The monoisotopic (exact) mass is 770 g/mol. The summed E-state index contributed by atoms with van der Waals surface area (Å²) in [7, 11) is 0. The summed E-state index contributed by atoms with van der Waals surface area (Å²) in [6, 6.07) is 18.6. The molecular formula is C40H48Cl2N10O2. The number of pyridine rings is 2. The number of rotatable bonds is 10. The second kappa shape index (κ2) is 22.6. The molecule has 0 saturated heterocycles. The second-order valence-corrected chi connectivity index (χ2v) is 13.6. The molecule has 0 spiro atoms. The number of benzene rings is 2. The number of fused-ring (bicyclic) bond motifs is 4. The Bertz CT molecular complexity index is 1650. The minimum Gasteiger partial charge on any atom is -0.507 e. The van der Waals surface area contributed by atoms with Gasteiger partial charge in [-0.1, -0.05) is 35.3 Å². The maximum atomic E-state index is 11.1. The lowest BCUT2D eigenvalue weighted by Crippen LogP contribution is -2.35. The van der Waals surface area contributed by atoms with Crippen LogP contribution in [0.4, 0.5) is 0 Å². The first-order chi connectivity index (χ1) is 26.4. The van der Waals surface area contributed by atoms with Gasteiger partial charge in [0.2, 0.25) is 0 Å². The third kappa shape index (κ3) is 14.0. The molecule has 0 unspecified atom stereocenters. The molecule has 0 fully saturated rings. The van der Waals surface area contributed by atoms with Gasteiger partial charge in [0, 0.05) is 135 Å². The molecule has 0 radical (unpaired) electrons. The zero-order valence-electron chi connectivity index (χ0n) is 30.4. The summed E-state index contributed by atoms with van der Waals surface area (Å²) >= 11 is 12.9. The smallest absolute Gasteiger partial charge is 0.133 e. The molecule has 2 aromatic carbocycles. The summed E-state index contributed by atoms with van der Waals surface area (Å²) < 4.78 is 0. The van der Waals surface area contributed by atoms with E-state index in [-0.39, 0.29) is 11.5 Å². The molecule has 1 aliphatic rings. The van der Waals surface area contributed by atoms with Crippen molar-refractivity contribution in [3.8, 4) is 11.5 Å². The van der Waals surface area contributed by atoms with Gasteiger partial charge in [-0.25, -0.2) is 0 Å². The van der Waals surface area contributed by atoms with E-state index < -0.39 is 0 Å². The lowest BCUT2D eigenvalue weighted by molar-refractivity contribution is 0.288. The standard InChI is InChI=1S/C40H48Cl2N10O2/c41-35-21-31-25-43-9-15-51(19-13-47-29-37-5-1-3-7-49-37)16-10-44-26-32-22-36(42)24-34(40(32)54)28-46-12-18-52(17-11-45-27-33(23-35)39(31)53)20-14-48-30-38-6-2-4-8-50-38/h1-8,21-28,47-48,53-54H,9-20,29-30H2. The van der Waals surface area contributed by atoms with Crippen molar-refractivity contribution in [2.24, 2.45) is 20.0 Å². The molecule has 4 bridgehead atoms. The number of phenols is 2. The number of nitrogens with zero attached hydrogens (tertiary/aromatic N) is 8. The first kappa shape index (κ1) is 40.6. The summed E-state index contributed by atoms with van der Waals surface area (Å²) in [6.07, 6.45) is 10.2. The molecule has 0 aliphatic carbocycles. The van der Waals surface area contributed by atoms with Gasteiger partial charge in [0.05, 0.1) is 37.6 Å². The van der Waals surface area contributed by atoms with Gasteiger partial charge in [0.15, 0.2) is 0 Å². The van der Waals surface area contributed by atoms with Crippen LogP contribution < -0.4 is 10.6 Å². The highest BCUT2D eigenvalue weighted by Crippen LogP contribution is 2.26. The fourth-order valence-electron chi connectivity index (χ4n) is 5.71. The maximum Gasteiger partial charge on any atom is 0.133 e. The second-order valence-electron chi connectivity index (χ2n) is 12.7. The molecule has 4 aromatic rings. The van der Waals surface area contributed by atoms with Crippen molar-refractivity contribution in [2.75, 3.05) is 78.5 Å². The molecule has 12 nitrogen and oxygen atoms in total. The predicted molar refractivity (Wildman–Crippen MR) is 221 cm³/mol. The van der Waals surface area contributed by atoms with Crippen molar-refractivity contribution in [2.45, 2.75) is 13.1 Å². The first-order valence-corrected chi connectivity index (χ1v) is 18.9. The fraction of sp³-hybridized carbons (Fsp3) is 0.350. The zero-order valence-corrected chi connectivity index (χ0v) is 31.9. The van der Waals surface area contributed by atoms with E-state index in [1.54, 1.807) is 61.5 Å². The Kier molecular flexibility index (Phi) is 17.0. The van der Waals surface area contributed by atoms with Gasteiger partial charge in [0.1, 0.15) is 11.5 Å². The molecule has 0 saturated carbocycles. The Labute approximate surface area is 327 Å².